The van der Waals surface area contributed by atoms with Crippen LogP contribution in [-0.2, 0) is 17.6 Å². The van der Waals surface area contributed by atoms with E-state index in [1.807, 2.05) is 6.07 Å². The van der Waals surface area contributed by atoms with E-state index < -0.39 is 12.0 Å². The number of aryl methyl sites for hydroxylation is 2. The van der Waals surface area contributed by atoms with Crippen molar-refractivity contribution in [3.8, 4) is 0 Å². The standard InChI is InChI=1S/C25H36N6O2/c32-25(33)21(30-22-17-23(28-18-27-22)31-15-6-7-16-31)11-5-3-1-2-4-10-20-13-12-19-9-8-14-26-24(19)29-20/h12-13,17-18,21H,1-11,14-16H2,(H,26,29)(H,32,33)(H,27,28,30). The molecule has 2 aromatic rings. The zero-order chi connectivity index (χ0) is 22.9. The second-order valence-electron chi connectivity index (χ2n) is 9.14. The first-order valence-corrected chi connectivity index (χ1v) is 12.5. The number of nitrogens with zero attached hydrogens (tertiary/aromatic N) is 4. The topological polar surface area (TPSA) is 103 Å². The Hall–Kier alpha value is -2.90. The van der Waals surface area contributed by atoms with Gasteiger partial charge in [-0.1, -0.05) is 31.7 Å². The lowest BCUT2D eigenvalue weighted by atomic mass is 10.0. The Morgan fingerprint density at radius 3 is 2.76 bits per heavy atom. The molecule has 0 spiro atoms. The van der Waals surface area contributed by atoms with Crippen LogP contribution in [0.15, 0.2) is 24.5 Å². The third-order valence-corrected chi connectivity index (χ3v) is 6.58. The van der Waals surface area contributed by atoms with Crippen LogP contribution in [0.4, 0.5) is 17.5 Å². The number of carboxylic acid groups (broad SMARTS) is 1. The van der Waals surface area contributed by atoms with Gasteiger partial charge in [0.25, 0.3) is 0 Å². The molecular weight excluding hydrogens is 416 g/mol. The fraction of sp³-hybridized carbons (Fsp3) is 0.600. The molecule has 8 nitrogen and oxygen atoms in total. The number of unbranched alkanes of at least 4 members (excludes halogenated alkanes) is 4. The summed E-state index contributed by atoms with van der Waals surface area (Å²) in [4.78, 5) is 27.3. The van der Waals surface area contributed by atoms with Crippen molar-refractivity contribution in [3.05, 3.63) is 35.8 Å². The fourth-order valence-electron chi connectivity index (χ4n) is 4.67. The summed E-state index contributed by atoms with van der Waals surface area (Å²) in [7, 11) is 0. The van der Waals surface area contributed by atoms with Crippen molar-refractivity contribution in [3.63, 3.8) is 0 Å². The summed E-state index contributed by atoms with van der Waals surface area (Å²) in [5, 5.41) is 16.1. The Kier molecular flexibility index (Phi) is 8.33. The maximum atomic E-state index is 11.7. The minimum absolute atomic E-state index is 0.589. The molecule has 2 aliphatic heterocycles. The van der Waals surface area contributed by atoms with Crippen molar-refractivity contribution < 1.29 is 9.90 Å². The third-order valence-electron chi connectivity index (χ3n) is 6.58. The van der Waals surface area contributed by atoms with E-state index in [0.29, 0.717) is 12.2 Å². The number of hydrogen-bond donors (Lipinski definition) is 3. The number of nitrogens with one attached hydrogen (secondary N) is 2. The van der Waals surface area contributed by atoms with Crippen LogP contribution in [0.5, 0.6) is 0 Å². The second kappa shape index (κ2) is 11.8. The summed E-state index contributed by atoms with van der Waals surface area (Å²) in [6.45, 7) is 3.02. The molecule has 0 saturated carbocycles. The van der Waals surface area contributed by atoms with Gasteiger partial charge in [-0.3, -0.25) is 0 Å². The third kappa shape index (κ3) is 6.79. The fourth-order valence-corrected chi connectivity index (χ4v) is 4.67. The summed E-state index contributed by atoms with van der Waals surface area (Å²) in [5.41, 5.74) is 2.50. The van der Waals surface area contributed by atoms with Gasteiger partial charge in [0.2, 0.25) is 0 Å². The number of carbonyl (C=O) groups is 1. The molecule has 1 saturated heterocycles. The van der Waals surface area contributed by atoms with E-state index in [1.165, 1.54) is 31.2 Å². The van der Waals surface area contributed by atoms with Crippen molar-refractivity contribution in [2.45, 2.75) is 76.7 Å². The van der Waals surface area contributed by atoms with Gasteiger partial charge in [0.1, 0.15) is 29.8 Å². The van der Waals surface area contributed by atoms with E-state index in [9.17, 15) is 9.90 Å². The molecule has 4 heterocycles. The highest BCUT2D eigenvalue weighted by molar-refractivity contribution is 5.77. The number of aliphatic carboxylic acids is 1. The molecule has 33 heavy (non-hydrogen) atoms. The molecular formula is C25H36N6O2. The molecule has 3 N–H and O–H groups in total. The molecule has 0 aromatic carbocycles. The zero-order valence-corrected chi connectivity index (χ0v) is 19.4. The highest BCUT2D eigenvalue weighted by atomic mass is 16.4. The average molecular weight is 453 g/mol. The summed E-state index contributed by atoms with van der Waals surface area (Å²) in [5.74, 6) is 1.70. The molecule has 0 aliphatic carbocycles. The average Bonchev–Trinajstić information content (AvgIpc) is 3.38. The summed E-state index contributed by atoms with van der Waals surface area (Å²) in [6.07, 6.45) is 13.1. The van der Waals surface area contributed by atoms with Crippen LogP contribution in [0.3, 0.4) is 0 Å². The number of aromatic nitrogens is 3. The van der Waals surface area contributed by atoms with Gasteiger partial charge in [-0.05, 0) is 56.6 Å². The minimum atomic E-state index is -0.830. The highest BCUT2D eigenvalue weighted by Gasteiger charge is 2.19. The molecule has 178 valence electrons. The van der Waals surface area contributed by atoms with Gasteiger partial charge in [0, 0.05) is 31.4 Å². The van der Waals surface area contributed by atoms with Gasteiger partial charge in [-0.2, -0.15) is 0 Å². The Morgan fingerprint density at radius 2 is 1.91 bits per heavy atom. The number of carboxylic acids is 1. The molecule has 2 aromatic heterocycles. The lowest BCUT2D eigenvalue weighted by Crippen LogP contribution is -2.30. The van der Waals surface area contributed by atoms with Crippen molar-refractivity contribution in [2.75, 3.05) is 35.2 Å². The SMILES string of the molecule is O=C(O)C(CCCCCCCc1ccc2c(n1)NCCC2)Nc1cc(N2CCCC2)ncn1. The quantitative estimate of drug-likeness (QED) is 0.410. The molecule has 1 fully saturated rings. The Balaban J connectivity index is 1.14. The molecule has 1 atom stereocenters. The molecule has 1 unspecified atom stereocenters. The van der Waals surface area contributed by atoms with Gasteiger partial charge in [0.15, 0.2) is 0 Å². The van der Waals surface area contributed by atoms with Crippen molar-refractivity contribution in [1.29, 1.82) is 0 Å². The number of hydrogen-bond acceptors (Lipinski definition) is 7. The lowest BCUT2D eigenvalue weighted by Gasteiger charge is -2.19. The first-order chi connectivity index (χ1) is 16.2. The Labute approximate surface area is 196 Å². The van der Waals surface area contributed by atoms with Crippen LogP contribution in [-0.4, -0.2) is 51.7 Å². The predicted molar refractivity (Wildman–Crippen MR) is 131 cm³/mol. The molecule has 4 rings (SSSR count). The number of rotatable bonds is 12. The van der Waals surface area contributed by atoms with Gasteiger partial charge < -0.3 is 20.6 Å². The largest absolute Gasteiger partial charge is 0.480 e. The second-order valence-corrected chi connectivity index (χ2v) is 9.14. The monoisotopic (exact) mass is 452 g/mol. The summed E-state index contributed by atoms with van der Waals surface area (Å²) in [6, 6.07) is 5.62. The van der Waals surface area contributed by atoms with E-state index >= 15 is 0 Å². The van der Waals surface area contributed by atoms with Crippen LogP contribution < -0.4 is 15.5 Å². The number of pyridine rings is 1. The van der Waals surface area contributed by atoms with E-state index in [4.69, 9.17) is 4.98 Å². The molecule has 0 radical (unpaired) electrons. The van der Waals surface area contributed by atoms with Crippen molar-refractivity contribution in [2.24, 2.45) is 0 Å². The molecule has 0 amide bonds. The van der Waals surface area contributed by atoms with Crippen LogP contribution in [0.1, 0.15) is 69.0 Å². The minimum Gasteiger partial charge on any atom is -0.480 e. The van der Waals surface area contributed by atoms with Crippen LogP contribution >= 0.6 is 0 Å². The van der Waals surface area contributed by atoms with E-state index in [0.717, 1.165) is 81.9 Å². The lowest BCUT2D eigenvalue weighted by molar-refractivity contribution is -0.138. The van der Waals surface area contributed by atoms with Crippen LogP contribution in [0.25, 0.3) is 0 Å². The van der Waals surface area contributed by atoms with Gasteiger partial charge in [0.05, 0.1) is 0 Å². The maximum Gasteiger partial charge on any atom is 0.326 e. The maximum absolute atomic E-state index is 11.7. The predicted octanol–water partition coefficient (Wildman–Crippen LogP) is 4.28. The number of anilines is 3. The normalized spacial score (nSPS) is 16.2. The van der Waals surface area contributed by atoms with E-state index in [1.54, 1.807) is 0 Å². The van der Waals surface area contributed by atoms with Crippen molar-refractivity contribution in [1.82, 2.24) is 15.0 Å². The Bertz CT molecular complexity index is 916. The summed E-state index contributed by atoms with van der Waals surface area (Å²) < 4.78 is 0. The zero-order valence-electron chi connectivity index (χ0n) is 19.4. The van der Waals surface area contributed by atoms with Gasteiger partial charge in [-0.15, -0.1) is 0 Å². The summed E-state index contributed by atoms with van der Waals surface area (Å²) >= 11 is 0. The van der Waals surface area contributed by atoms with E-state index in [-0.39, 0.29) is 0 Å². The van der Waals surface area contributed by atoms with E-state index in [2.05, 4.69) is 37.6 Å². The molecule has 8 heteroatoms. The number of fused-ring (bicyclic) bond motifs is 1. The van der Waals surface area contributed by atoms with Crippen LogP contribution in [0.2, 0.25) is 0 Å². The van der Waals surface area contributed by atoms with Crippen LogP contribution in [0, 0.1) is 0 Å². The van der Waals surface area contributed by atoms with Gasteiger partial charge >= 0.3 is 5.97 Å². The first kappa shape index (κ1) is 23.3. The molecule has 2 aliphatic rings. The Morgan fingerprint density at radius 1 is 1.09 bits per heavy atom. The smallest absolute Gasteiger partial charge is 0.326 e. The van der Waals surface area contributed by atoms with Gasteiger partial charge in [-0.25, -0.2) is 19.7 Å². The first-order valence-electron chi connectivity index (χ1n) is 12.5. The molecule has 0 bridgehead atoms. The highest BCUT2D eigenvalue weighted by Crippen LogP contribution is 2.22. The van der Waals surface area contributed by atoms with Crippen molar-refractivity contribution >= 4 is 23.4 Å².